The van der Waals surface area contributed by atoms with Crippen molar-refractivity contribution in [1.82, 2.24) is 0 Å². The van der Waals surface area contributed by atoms with Gasteiger partial charge in [0.2, 0.25) is 0 Å². The molecule has 0 saturated carbocycles. The second-order valence-corrected chi connectivity index (χ2v) is 34.2. The van der Waals surface area contributed by atoms with Crippen LogP contribution in [0.3, 0.4) is 0 Å². The van der Waals surface area contributed by atoms with Gasteiger partial charge in [-0.15, -0.1) is 0 Å². The van der Waals surface area contributed by atoms with E-state index in [0.29, 0.717) is 0 Å². The summed E-state index contributed by atoms with van der Waals surface area (Å²) < 4.78 is 82.3. The van der Waals surface area contributed by atoms with Crippen LogP contribution in [0.15, 0.2) is 24.3 Å². The summed E-state index contributed by atoms with van der Waals surface area (Å²) in [6.07, 6.45) is 0. The van der Waals surface area contributed by atoms with E-state index in [-0.39, 0.29) is 9.56 Å². The molecule has 23 heavy (non-hydrogen) atoms. The van der Waals surface area contributed by atoms with E-state index in [1.807, 2.05) is 0 Å². The van der Waals surface area contributed by atoms with Gasteiger partial charge in [-0.1, -0.05) is 0 Å². The molecule has 0 spiro atoms. The molecule has 0 saturated heterocycles. The van der Waals surface area contributed by atoms with Crippen molar-refractivity contribution in [3.63, 3.8) is 0 Å². The summed E-state index contributed by atoms with van der Waals surface area (Å²) in [6, 6.07) is -3.37. The van der Waals surface area contributed by atoms with Crippen LogP contribution in [-0.2, 0) is 9.75 Å². The Kier molecular flexibility index (Phi) is 6.28. The molecule has 0 bridgehead atoms. The molecule has 0 aliphatic heterocycles. The number of alkyl halides is 6. The first-order chi connectivity index (χ1) is 10.00. The average Bonchev–Trinajstić information content (AvgIpc) is 2.34. The Morgan fingerprint density at radius 1 is 0.913 bits per heavy atom. The van der Waals surface area contributed by atoms with E-state index in [1.54, 1.807) is 0 Å². The molecule has 0 aliphatic carbocycles. The van der Waals surface area contributed by atoms with Crippen LogP contribution in [0.2, 0.25) is 5.02 Å². The van der Waals surface area contributed by atoms with E-state index in [9.17, 15) is 26.3 Å². The molecule has 0 atom stereocenters. The Morgan fingerprint density at radius 2 is 1.30 bits per heavy atom. The number of halogens is 8. The molecule has 0 radical (unpaired) electrons. The van der Waals surface area contributed by atoms with E-state index < -0.39 is 33.7 Å². The summed E-state index contributed by atoms with van der Waals surface area (Å²) >= 11 is 8.90. The maximum atomic E-state index is 13.7. The molecule has 1 aromatic carbocycles. The van der Waals surface area contributed by atoms with Crippen molar-refractivity contribution in [2.75, 3.05) is 26.7 Å². The first-order valence-corrected chi connectivity index (χ1v) is 18.1. The molecule has 11 heteroatoms. The molecule has 0 fully saturated rings. The van der Waals surface area contributed by atoms with Crippen molar-refractivity contribution in [3.05, 3.63) is 29.3 Å². The van der Waals surface area contributed by atoms with Crippen molar-refractivity contribution in [2.24, 2.45) is 0 Å². The average molecular weight is 512 g/mol. The van der Waals surface area contributed by atoms with Crippen LogP contribution in [0.1, 0.15) is 0 Å². The van der Waals surface area contributed by atoms with Gasteiger partial charge in [0.1, 0.15) is 0 Å². The minimum absolute atomic E-state index is 0.0317. The molecule has 0 unspecified atom stereocenters. The topological polar surface area (TPSA) is 0 Å². The van der Waals surface area contributed by atoms with E-state index in [1.165, 1.54) is 24.3 Å². The third kappa shape index (κ3) is 3.58. The zero-order valence-electron chi connectivity index (χ0n) is 12.6. The van der Waals surface area contributed by atoms with Gasteiger partial charge in [-0.3, -0.25) is 0 Å². The second kappa shape index (κ2) is 6.58. The minimum atomic E-state index is -4.67. The maximum absolute atomic E-state index is 13.7. The van der Waals surface area contributed by atoms with Crippen molar-refractivity contribution < 1.29 is 36.1 Å². The number of benzene rings is 1. The van der Waals surface area contributed by atoms with Crippen molar-refractivity contribution >= 4 is 42.4 Å². The zero-order chi connectivity index (χ0) is 18.5. The SMILES string of the molecule is C[PH](C)(C(F)(F)F)[Ni]([Br])([c]1cccc(Cl)c1)[PH](C)(C)C(F)(F)F. The van der Waals surface area contributed by atoms with Crippen LogP contribution in [0.4, 0.5) is 26.3 Å². The molecular weight excluding hydrogens is 494 g/mol. The third-order valence-corrected chi connectivity index (χ3v) is 49.4. The fourth-order valence-electron chi connectivity index (χ4n) is 1.78. The van der Waals surface area contributed by atoms with Crippen molar-refractivity contribution in [3.8, 4) is 0 Å². The van der Waals surface area contributed by atoms with E-state index in [2.05, 4.69) is 14.2 Å². The Bertz CT molecular complexity index is 562. The van der Waals surface area contributed by atoms with Gasteiger partial charge in [-0.05, 0) is 0 Å². The summed E-state index contributed by atoms with van der Waals surface area (Å²) in [5.41, 5.74) is 0. The summed E-state index contributed by atoms with van der Waals surface area (Å²) in [5, 5.41) is 0.126. The number of rotatable bonds is 3. The van der Waals surface area contributed by atoms with Crippen LogP contribution in [-0.4, -0.2) is 38.5 Å². The van der Waals surface area contributed by atoms with Crippen LogP contribution >= 0.6 is 37.9 Å². The molecule has 0 N–H and O–H groups in total. The second-order valence-electron chi connectivity index (χ2n) is 5.61. The molecule has 1 rings (SSSR count). The fraction of sp³-hybridized carbons (Fsp3) is 0.500. The van der Waals surface area contributed by atoms with Crippen molar-refractivity contribution in [1.29, 1.82) is 0 Å². The molecule has 0 amide bonds. The molecule has 1 aromatic rings. The summed E-state index contributed by atoms with van der Waals surface area (Å²) in [6.45, 7) is 3.85. The molecule has 0 aliphatic rings. The van der Waals surface area contributed by atoms with Gasteiger partial charge >= 0.3 is 146 Å². The van der Waals surface area contributed by atoms with Crippen molar-refractivity contribution in [2.45, 2.75) is 11.8 Å². The van der Waals surface area contributed by atoms with Gasteiger partial charge in [0.15, 0.2) is 0 Å². The molecule has 0 aromatic heterocycles. The summed E-state index contributed by atoms with van der Waals surface area (Å²) in [5.74, 6) is -9.34. The van der Waals surface area contributed by atoms with E-state index in [0.717, 1.165) is 26.7 Å². The van der Waals surface area contributed by atoms with Gasteiger partial charge in [0, 0.05) is 0 Å². The monoisotopic (exact) mass is 510 g/mol. The summed E-state index contributed by atoms with van der Waals surface area (Å²) in [7, 11) is -3.50. The van der Waals surface area contributed by atoms with Gasteiger partial charge < -0.3 is 0 Å². The first-order valence-electron chi connectivity index (χ1n) is 6.24. The van der Waals surface area contributed by atoms with Gasteiger partial charge in [-0.2, -0.15) is 0 Å². The third-order valence-electron chi connectivity index (χ3n) is 3.42. The van der Waals surface area contributed by atoms with Crippen LogP contribution in [0.5, 0.6) is 0 Å². The van der Waals surface area contributed by atoms with Crippen LogP contribution in [0, 0.1) is 0 Å². The van der Waals surface area contributed by atoms with Crippen LogP contribution < -0.4 is 4.53 Å². The first kappa shape index (κ1) is 22.0. The number of hydrogen-bond donors (Lipinski definition) is 0. The standard InChI is InChI=1S/C6H4Cl.2C3H6F3P.BrH.Ni/c7-6-4-2-1-3-5-6;2*1-7(2)3(4,5)6;;/h1-2,4-5H;2*1-2H3;1H;/q;;;;-1/p+1. The molecule has 0 heterocycles. The molecule has 0 nitrogen and oxygen atoms in total. The Balaban J connectivity index is 3.83. The molecule has 142 valence electrons. The van der Waals surface area contributed by atoms with Crippen LogP contribution in [0.25, 0.3) is 0 Å². The quantitative estimate of drug-likeness (QED) is 0.253. The van der Waals surface area contributed by atoms with Gasteiger partial charge in [0.05, 0.1) is 0 Å². The predicted octanol–water partition coefficient (Wildman–Crippen LogP) is 6.32. The Hall–Kier alpha value is 0.924. The zero-order valence-corrected chi connectivity index (χ0v) is 18.0. The Morgan fingerprint density at radius 3 is 1.61 bits per heavy atom. The fourth-order valence-corrected chi connectivity index (χ4v) is 35.7. The Labute approximate surface area is 146 Å². The normalized spacial score (nSPS) is 19.8. The molecular formula is C12H18BrClF6NiP2. The number of hydrogen-bond acceptors (Lipinski definition) is 0. The predicted molar refractivity (Wildman–Crippen MR) is 92.4 cm³/mol. The van der Waals surface area contributed by atoms with E-state index in [4.69, 9.17) is 11.6 Å². The van der Waals surface area contributed by atoms with E-state index >= 15 is 0 Å². The van der Waals surface area contributed by atoms with Gasteiger partial charge in [-0.25, -0.2) is 0 Å². The summed E-state index contributed by atoms with van der Waals surface area (Å²) in [4.78, 5) is 0. The van der Waals surface area contributed by atoms with Gasteiger partial charge in [0.25, 0.3) is 0 Å².